The van der Waals surface area contributed by atoms with E-state index in [9.17, 15) is 23.1 Å². The largest absolute Gasteiger partial charge is 0.481 e. The van der Waals surface area contributed by atoms with Crippen LogP contribution in [0.4, 0.5) is 4.79 Å². The second kappa shape index (κ2) is 9.41. The van der Waals surface area contributed by atoms with Gasteiger partial charge in [-0.15, -0.1) is 5.92 Å². The summed E-state index contributed by atoms with van der Waals surface area (Å²) in [5, 5.41) is 19.5. The first kappa shape index (κ1) is 21.5. The Kier molecular flexibility index (Phi) is 7.22. The summed E-state index contributed by atoms with van der Waals surface area (Å²) < 4.78 is 31.4. The van der Waals surface area contributed by atoms with Crippen LogP contribution < -0.4 is 15.5 Å². The third-order valence-electron chi connectivity index (χ3n) is 4.22. The van der Waals surface area contributed by atoms with E-state index in [1.54, 1.807) is 6.92 Å². The molecule has 11 heteroatoms. The van der Waals surface area contributed by atoms with Crippen molar-refractivity contribution in [2.24, 2.45) is 0 Å². The molecule has 0 bridgehead atoms. The number of rotatable bonds is 5. The van der Waals surface area contributed by atoms with Crippen molar-refractivity contribution in [3.8, 4) is 17.6 Å². The molecule has 10 nitrogen and oxygen atoms in total. The highest BCUT2D eigenvalue weighted by molar-refractivity contribution is 7.92. The zero-order valence-corrected chi connectivity index (χ0v) is 15.9. The summed E-state index contributed by atoms with van der Waals surface area (Å²) in [6, 6.07) is 4.66. The van der Waals surface area contributed by atoms with Crippen LogP contribution >= 0.6 is 0 Å². The van der Waals surface area contributed by atoms with Gasteiger partial charge < -0.3 is 15.2 Å². The van der Waals surface area contributed by atoms with E-state index in [1.807, 2.05) is 0 Å². The normalized spacial score (nSPS) is 19.7. The Morgan fingerprint density at radius 1 is 1.36 bits per heavy atom. The van der Waals surface area contributed by atoms with Crippen LogP contribution in [0, 0.1) is 11.8 Å². The van der Waals surface area contributed by atoms with E-state index in [2.05, 4.69) is 17.2 Å². The Morgan fingerprint density at radius 3 is 2.61 bits per heavy atom. The standard InChI is InChI=1S/C17H21N3O7S/c1-2-3-10-27-12-4-6-13(7-5-12)28(25,26)15-11-18-14(16(21)19-24)8-9-20(15)17(22)23/h4-7,14-15,18,24H,8-11H2,1H3,(H,19,21)(H,22,23). The van der Waals surface area contributed by atoms with Gasteiger partial charge in [0, 0.05) is 13.1 Å². The lowest BCUT2D eigenvalue weighted by Crippen LogP contribution is -2.49. The summed E-state index contributed by atoms with van der Waals surface area (Å²) in [5.74, 6) is 5.05. The summed E-state index contributed by atoms with van der Waals surface area (Å²) >= 11 is 0. The van der Waals surface area contributed by atoms with Crippen molar-refractivity contribution in [2.75, 3.05) is 19.7 Å². The Morgan fingerprint density at radius 2 is 2.04 bits per heavy atom. The van der Waals surface area contributed by atoms with Crippen molar-refractivity contribution in [1.82, 2.24) is 15.7 Å². The molecule has 2 amide bonds. The molecule has 1 heterocycles. The van der Waals surface area contributed by atoms with Gasteiger partial charge in [0.1, 0.15) is 12.4 Å². The molecule has 1 aliphatic rings. The molecule has 1 aliphatic heterocycles. The lowest BCUT2D eigenvalue weighted by atomic mass is 10.2. The molecule has 4 N–H and O–H groups in total. The highest BCUT2D eigenvalue weighted by atomic mass is 32.2. The zero-order chi connectivity index (χ0) is 20.7. The zero-order valence-electron chi connectivity index (χ0n) is 15.1. The molecule has 0 spiro atoms. The van der Waals surface area contributed by atoms with Gasteiger partial charge in [-0.05, 0) is 37.6 Å². The third kappa shape index (κ3) is 4.92. The van der Waals surface area contributed by atoms with Gasteiger partial charge in [-0.3, -0.25) is 14.9 Å². The first-order chi connectivity index (χ1) is 13.3. The summed E-state index contributed by atoms with van der Waals surface area (Å²) in [5.41, 5.74) is 1.48. The molecule has 1 saturated heterocycles. The van der Waals surface area contributed by atoms with E-state index in [4.69, 9.17) is 9.94 Å². The highest BCUT2D eigenvalue weighted by Gasteiger charge is 2.39. The van der Waals surface area contributed by atoms with Crippen molar-refractivity contribution in [1.29, 1.82) is 0 Å². The first-order valence-corrected chi connectivity index (χ1v) is 9.89. The predicted octanol–water partition coefficient (Wildman–Crippen LogP) is 0.0358. The maximum absolute atomic E-state index is 13.0. The van der Waals surface area contributed by atoms with E-state index in [0.717, 1.165) is 4.90 Å². The number of benzene rings is 1. The molecule has 1 fully saturated rings. The average Bonchev–Trinajstić information content (AvgIpc) is 2.92. The van der Waals surface area contributed by atoms with Crippen molar-refractivity contribution in [2.45, 2.75) is 29.7 Å². The maximum Gasteiger partial charge on any atom is 0.408 e. The molecule has 0 aromatic heterocycles. The van der Waals surface area contributed by atoms with Crippen molar-refractivity contribution in [3.05, 3.63) is 24.3 Å². The number of nitrogens with zero attached hydrogens (tertiary/aromatic N) is 1. The second-order valence-corrected chi connectivity index (χ2v) is 7.99. The molecular formula is C17H21N3O7S. The number of ether oxygens (including phenoxy) is 1. The minimum absolute atomic E-state index is 0.00988. The van der Waals surface area contributed by atoms with Crippen LogP contribution in [0.1, 0.15) is 13.3 Å². The lowest BCUT2D eigenvalue weighted by Gasteiger charge is -2.26. The van der Waals surface area contributed by atoms with Crippen molar-refractivity contribution in [3.63, 3.8) is 0 Å². The topological polar surface area (TPSA) is 145 Å². The summed E-state index contributed by atoms with van der Waals surface area (Å²) in [6.07, 6.45) is -1.41. The quantitative estimate of drug-likeness (QED) is 0.302. The van der Waals surface area contributed by atoms with E-state index < -0.39 is 33.3 Å². The lowest BCUT2D eigenvalue weighted by molar-refractivity contribution is -0.131. The Bertz CT molecular complexity index is 874. The minimum Gasteiger partial charge on any atom is -0.481 e. The fourth-order valence-electron chi connectivity index (χ4n) is 2.74. The fraction of sp³-hybridized carbons (Fsp3) is 0.412. The maximum atomic E-state index is 13.0. The van der Waals surface area contributed by atoms with Gasteiger partial charge in [0.25, 0.3) is 5.91 Å². The summed E-state index contributed by atoms with van der Waals surface area (Å²) in [4.78, 5) is 23.9. The molecule has 2 unspecified atom stereocenters. The monoisotopic (exact) mass is 411 g/mol. The van der Waals surface area contributed by atoms with E-state index in [-0.39, 0.29) is 31.0 Å². The van der Waals surface area contributed by atoms with Crippen LogP contribution in [0.15, 0.2) is 29.2 Å². The number of amides is 2. The molecule has 2 atom stereocenters. The van der Waals surface area contributed by atoms with Crippen molar-refractivity contribution >= 4 is 21.8 Å². The highest BCUT2D eigenvalue weighted by Crippen LogP contribution is 2.23. The third-order valence-corrected chi connectivity index (χ3v) is 6.28. The van der Waals surface area contributed by atoms with Gasteiger partial charge in [0.2, 0.25) is 9.84 Å². The number of hydrogen-bond acceptors (Lipinski definition) is 7. The second-order valence-electron chi connectivity index (χ2n) is 5.89. The van der Waals surface area contributed by atoms with Gasteiger partial charge in [0.05, 0.1) is 10.9 Å². The van der Waals surface area contributed by atoms with Gasteiger partial charge in [-0.2, -0.15) is 0 Å². The fourth-order valence-corrected chi connectivity index (χ4v) is 4.42. The molecule has 0 aliphatic carbocycles. The van der Waals surface area contributed by atoms with E-state index >= 15 is 0 Å². The van der Waals surface area contributed by atoms with Gasteiger partial charge in [0.15, 0.2) is 5.37 Å². The molecule has 0 radical (unpaired) electrons. The van der Waals surface area contributed by atoms with Gasteiger partial charge in [-0.1, -0.05) is 5.92 Å². The number of carboxylic acid groups (broad SMARTS) is 1. The average molecular weight is 411 g/mol. The minimum atomic E-state index is -4.07. The number of hydroxylamine groups is 1. The molecule has 2 rings (SSSR count). The van der Waals surface area contributed by atoms with Crippen LogP contribution in [0.2, 0.25) is 0 Å². The van der Waals surface area contributed by atoms with Gasteiger partial charge in [-0.25, -0.2) is 18.7 Å². The number of hydrogen-bond donors (Lipinski definition) is 4. The summed E-state index contributed by atoms with van der Waals surface area (Å²) in [7, 11) is -4.07. The molecular weight excluding hydrogens is 390 g/mol. The van der Waals surface area contributed by atoms with Crippen molar-refractivity contribution < 1.29 is 33.1 Å². The van der Waals surface area contributed by atoms with Crippen LogP contribution in [0.5, 0.6) is 5.75 Å². The molecule has 0 saturated carbocycles. The smallest absolute Gasteiger partial charge is 0.408 e. The molecule has 152 valence electrons. The predicted molar refractivity (Wildman–Crippen MR) is 97.4 cm³/mol. The summed E-state index contributed by atoms with van der Waals surface area (Å²) in [6.45, 7) is 1.33. The number of sulfone groups is 1. The van der Waals surface area contributed by atoms with Gasteiger partial charge >= 0.3 is 6.09 Å². The van der Waals surface area contributed by atoms with E-state index in [1.165, 1.54) is 29.7 Å². The molecule has 1 aromatic carbocycles. The van der Waals surface area contributed by atoms with Crippen LogP contribution in [0.25, 0.3) is 0 Å². The Balaban J connectivity index is 2.26. The Hall–Kier alpha value is -2.81. The van der Waals surface area contributed by atoms with Crippen LogP contribution in [-0.4, -0.2) is 66.7 Å². The number of carbonyl (C=O) groups is 2. The molecule has 28 heavy (non-hydrogen) atoms. The Labute approximate surface area is 162 Å². The van der Waals surface area contributed by atoms with E-state index in [0.29, 0.717) is 5.75 Å². The number of carbonyl (C=O) groups excluding carboxylic acids is 1. The number of nitrogens with one attached hydrogen (secondary N) is 2. The first-order valence-electron chi connectivity index (χ1n) is 8.34. The van der Waals surface area contributed by atoms with Crippen LogP contribution in [0.3, 0.4) is 0 Å². The molecule has 1 aromatic rings. The van der Waals surface area contributed by atoms with Crippen LogP contribution in [-0.2, 0) is 14.6 Å². The SMILES string of the molecule is CC#CCOc1ccc(S(=O)(=O)C2CNC(C(=O)NO)CCN2C(=O)O)cc1.